The second-order valence-corrected chi connectivity index (χ2v) is 4.73. The van der Waals surface area contributed by atoms with Crippen molar-refractivity contribution < 1.29 is 5.21 Å². The lowest BCUT2D eigenvalue weighted by Gasteiger charge is -2.31. The van der Waals surface area contributed by atoms with E-state index in [0.717, 1.165) is 18.6 Å². The summed E-state index contributed by atoms with van der Waals surface area (Å²) in [6.45, 7) is 4.21. The van der Waals surface area contributed by atoms with Gasteiger partial charge in [0.2, 0.25) is 0 Å². The van der Waals surface area contributed by atoms with Crippen LogP contribution in [0.4, 0.5) is 0 Å². The molecule has 0 rings (SSSR count). The summed E-state index contributed by atoms with van der Waals surface area (Å²) < 4.78 is 0. The van der Waals surface area contributed by atoms with Crippen molar-refractivity contribution in [3.63, 3.8) is 0 Å². The largest absolute Gasteiger partial charge is 0.409 e. The topological polar surface area (TPSA) is 61.9 Å². The molecule has 90 valence electrons. The molecule has 4 nitrogen and oxygen atoms in total. The molecule has 2 unspecified atom stereocenters. The van der Waals surface area contributed by atoms with E-state index in [-0.39, 0.29) is 6.04 Å². The Bertz CT molecular complexity index is 199. The summed E-state index contributed by atoms with van der Waals surface area (Å²) >= 11 is 1.84. The molecular weight excluding hydrogens is 210 g/mol. The number of likely N-dealkylation sites (N-methyl/N-ethyl adjacent to an activating group) is 1. The first-order chi connectivity index (χ1) is 7.08. The lowest BCUT2D eigenvalue weighted by Crippen LogP contribution is -2.46. The SMILES string of the molecule is CCC(C(N)=NO)N(C)C(C)CCSC. The Morgan fingerprint density at radius 3 is 2.60 bits per heavy atom. The van der Waals surface area contributed by atoms with E-state index in [0.29, 0.717) is 11.9 Å². The fourth-order valence-electron chi connectivity index (χ4n) is 1.57. The summed E-state index contributed by atoms with van der Waals surface area (Å²) in [7, 11) is 2.02. The van der Waals surface area contributed by atoms with Crippen LogP contribution in [0.5, 0.6) is 0 Å². The van der Waals surface area contributed by atoms with Gasteiger partial charge >= 0.3 is 0 Å². The Morgan fingerprint density at radius 1 is 1.60 bits per heavy atom. The number of nitrogens with zero attached hydrogens (tertiary/aromatic N) is 2. The predicted octanol–water partition coefficient (Wildman–Crippen LogP) is 1.58. The maximum Gasteiger partial charge on any atom is 0.156 e. The number of hydrogen-bond donors (Lipinski definition) is 2. The Balaban J connectivity index is 4.30. The molecule has 0 aliphatic rings. The van der Waals surface area contributed by atoms with E-state index in [9.17, 15) is 0 Å². The molecule has 0 saturated carbocycles. The first-order valence-electron chi connectivity index (χ1n) is 5.26. The summed E-state index contributed by atoms with van der Waals surface area (Å²) in [4.78, 5) is 2.17. The summed E-state index contributed by atoms with van der Waals surface area (Å²) in [5, 5.41) is 11.8. The summed E-state index contributed by atoms with van der Waals surface area (Å²) in [5.74, 6) is 1.44. The van der Waals surface area contributed by atoms with E-state index in [2.05, 4.69) is 23.2 Å². The fraction of sp³-hybridized carbons (Fsp3) is 0.900. The zero-order valence-electron chi connectivity index (χ0n) is 10.1. The summed E-state index contributed by atoms with van der Waals surface area (Å²) in [5.41, 5.74) is 5.65. The molecule has 0 aromatic heterocycles. The zero-order chi connectivity index (χ0) is 11.8. The van der Waals surface area contributed by atoms with Gasteiger partial charge in [-0.05, 0) is 38.8 Å². The Morgan fingerprint density at radius 2 is 2.20 bits per heavy atom. The minimum absolute atomic E-state index is 0.0341. The van der Waals surface area contributed by atoms with Gasteiger partial charge in [-0.3, -0.25) is 4.90 Å². The minimum atomic E-state index is 0.0341. The molecule has 0 heterocycles. The number of rotatable bonds is 7. The Hall–Kier alpha value is -0.420. The van der Waals surface area contributed by atoms with Gasteiger partial charge in [-0.1, -0.05) is 12.1 Å². The van der Waals surface area contributed by atoms with Crippen LogP contribution in [0.3, 0.4) is 0 Å². The van der Waals surface area contributed by atoms with Crippen LogP contribution >= 0.6 is 11.8 Å². The highest BCUT2D eigenvalue weighted by molar-refractivity contribution is 7.98. The summed E-state index contributed by atoms with van der Waals surface area (Å²) in [6, 6.07) is 0.481. The third-order valence-corrected chi connectivity index (χ3v) is 3.41. The highest BCUT2D eigenvalue weighted by atomic mass is 32.2. The van der Waals surface area contributed by atoms with E-state index in [1.54, 1.807) is 0 Å². The van der Waals surface area contributed by atoms with E-state index in [1.165, 1.54) is 0 Å². The lowest BCUT2D eigenvalue weighted by molar-refractivity contribution is 0.211. The van der Waals surface area contributed by atoms with Crippen LogP contribution in [0.15, 0.2) is 5.16 Å². The molecule has 15 heavy (non-hydrogen) atoms. The number of thioether (sulfide) groups is 1. The predicted molar refractivity (Wildman–Crippen MR) is 67.7 cm³/mol. The van der Waals surface area contributed by atoms with Gasteiger partial charge in [-0.15, -0.1) is 0 Å². The quantitative estimate of drug-likeness (QED) is 0.303. The molecule has 0 saturated heterocycles. The molecular formula is C10H23N3OS. The molecule has 2 atom stereocenters. The van der Waals surface area contributed by atoms with Gasteiger partial charge in [0.05, 0.1) is 6.04 Å². The second kappa shape index (κ2) is 7.82. The van der Waals surface area contributed by atoms with E-state index in [1.807, 2.05) is 25.7 Å². The monoisotopic (exact) mass is 233 g/mol. The highest BCUT2D eigenvalue weighted by Gasteiger charge is 2.21. The number of amidine groups is 1. The molecule has 0 aliphatic carbocycles. The average molecular weight is 233 g/mol. The molecule has 0 aromatic carbocycles. The van der Waals surface area contributed by atoms with Gasteiger partial charge in [-0.25, -0.2) is 0 Å². The van der Waals surface area contributed by atoms with Gasteiger partial charge in [0.1, 0.15) is 0 Å². The zero-order valence-corrected chi connectivity index (χ0v) is 10.9. The summed E-state index contributed by atoms with van der Waals surface area (Å²) in [6.07, 6.45) is 4.08. The molecule has 0 amide bonds. The standard InChI is InChI=1S/C10H23N3OS/c1-5-9(10(11)12-14)13(3)8(2)6-7-15-4/h8-9,14H,5-7H2,1-4H3,(H2,11,12). The Kier molecular flexibility index (Phi) is 7.60. The minimum Gasteiger partial charge on any atom is -0.409 e. The van der Waals surface area contributed by atoms with Crippen molar-refractivity contribution in [2.45, 2.75) is 38.8 Å². The van der Waals surface area contributed by atoms with Crippen molar-refractivity contribution >= 4 is 17.6 Å². The molecule has 0 fully saturated rings. The van der Waals surface area contributed by atoms with Crippen molar-refractivity contribution in [1.82, 2.24) is 4.90 Å². The van der Waals surface area contributed by atoms with Gasteiger partial charge in [0.15, 0.2) is 5.84 Å². The van der Waals surface area contributed by atoms with E-state index in [4.69, 9.17) is 10.9 Å². The van der Waals surface area contributed by atoms with Crippen molar-refractivity contribution in [3.8, 4) is 0 Å². The second-order valence-electron chi connectivity index (χ2n) is 3.74. The molecule has 0 aliphatic heterocycles. The first-order valence-corrected chi connectivity index (χ1v) is 6.66. The number of oxime groups is 1. The van der Waals surface area contributed by atoms with Crippen molar-refractivity contribution in [3.05, 3.63) is 0 Å². The van der Waals surface area contributed by atoms with Crippen LogP contribution < -0.4 is 5.73 Å². The molecule has 3 N–H and O–H groups in total. The van der Waals surface area contributed by atoms with Crippen molar-refractivity contribution in [2.75, 3.05) is 19.1 Å². The van der Waals surface area contributed by atoms with Crippen LogP contribution in [0.25, 0.3) is 0 Å². The van der Waals surface area contributed by atoms with Crippen molar-refractivity contribution in [1.29, 1.82) is 0 Å². The highest BCUT2D eigenvalue weighted by Crippen LogP contribution is 2.11. The lowest BCUT2D eigenvalue weighted by atomic mass is 10.1. The maximum atomic E-state index is 8.68. The average Bonchev–Trinajstić information content (AvgIpc) is 2.26. The fourth-order valence-corrected chi connectivity index (χ4v) is 2.15. The van der Waals surface area contributed by atoms with Crippen molar-refractivity contribution in [2.24, 2.45) is 10.9 Å². The molecule has 0 spiro atoms. The third kappa shape index (κ3) is 4.75. The van der Waals surface area contributed by atoms with Gasteiger partial charge in [0.25, 0.3) is 0 Å². The number of nitrogens with two attached hydrogens (primary N) is 1. The van der Waals surface area contributed by atoms with Crippen LogP contribution in [-0.2, 0) is 0 Å². The van der Waals surface area contributed by atoms with Crippen LogP contribution in [-0.4, -0.2) is 47.1 Å². The maximum absolute atomic E-state index is 8.68. The normalized spacial score (nSPS) is 16.7. The van der Waals surface area contributed by atoms with E-state index < -0.39 is 0 Å². The van der Waals surface area contributed by atoms with Gasteiger partial charge < -0.3 is 10.9 Å². The van der Waals surface area contributed by atoms with Crippen LogP contribution in [0, 0.1) is 0 Å². The smallest absolute Gasteiger partial charge is 0.156 e. The van der Waals surface area contributed by atoms with Gasteiger partial charge in [0, 0.05) is 6.04 Å². The molecule has 0 radical (unpaired) electrons. The first kappa shape index (κ1) is 14.6. The number of hydrogen-bond acceptors (Lipinski definition) is 4. The molecule has 0 bridgehead atoms. The Labute approximate surface area is 96.9 Å². The van der Waals surface area contributed by atoms with Gasteiger partial charge in [-0.2, -0.15) is 11.8 Å². The van der Waals surface area contributed by atoms with Crippen LogP contribution in [0.2, 0.25) is 0 Å². The van der Waals surface area contributed by atoms with E-state index >= 15 is 0 Å². The third-order valence-electron chi connectivity index (χ3n) is 2.77. The molecule has 5 heteroatoms. The van der Waals surface area contributed by atoms with Crippen LogP contribution in [0.1, 0.15) is 26.7 Å². The molecule has 0 aromatic rings.